The number of carbonyl (C=O) groups is 3. The minimum absolute atomic E-state index is 0.120. The largest absolute Gasteiger partial charge is 0.449 e. The fourth-order valence-corrected chi connectivity index (χ4v) is 1.87. The number of amides is 3. The SMILES string of the molecule is CC(C)OCc1ccc(C(=O)O[C@@H](C)C(=O)NC(=O)NC(C)(C)C)cc1. The highest BCUT2D eigenvalue weighted by Crippen LogP contribution is 2.09. The van der Waals surface area contributed by atoms with Gasteiger partial charge >= 0.3 is 12.0 Å². The summed E-state index contributed by atoms with van der Waals surface area (Å²) in [5, 5.41) is 4.74. The predicted octanol–water partition coefficient (Wildman–Crippen LogP) is 2.78. The van der Waals surface area contributed by atoms with Gasteiger partial charge in [-0.1, -0.05) is 12.1 Å². The Labute approximate surface area is 154 Å². The lowest BCUT2D eigenvalue weighted by atomic mass is 10.1. The van der Waals surface area contributed by atoms with Crippen molar-refractivity contribution in [3.63, 3.8) is 0 Å². The normalized spacial score (nSPS) is 12.4. The molecule has 0 unspecified atom stereocenters. The molecule has 1 aromatic carbocycles. The standard InChI is InChI=1S/C19H28N2O5/c1-12(2)25-11-14-7-9-15(10-8-14)17(23)26-13(3)16(22)20-18(24)21-19(4,5)6/h7-10,12-13H,11H2,1-6H3,(H2,20,21,22,24)/t13-/m0/s1. The van der Waals surface area contributed by atoms with Gasteiger partial charge in [-0.2, -0.15) is 0 Å². The summed E-state index contributed by atoms with van der Waals surface area (Å²) in [5.41, 5.74) is 0.766. The topological polar surface area (TPSA) is 93.7 Å². The van der Waals surface area contributed by atoms with Crippen molar-refractivity contribution in [3.05, 3.63) is 35.4 Å². The van der Waals surface area contributed by atoms with Gasteiger partial charge in [0.1, 0.15) is 0 Å². The predicted molar refractivity (Wildman–Crippen MR) is 97.7 cm³/mol. The van der Waals surface area contributed by atoms with E-state index in [-0.39, 0.29) is 6.10 Å². The first-order valence-electron chi connectivity index (χ1n) is 8.52. The van der Waals surface area contributed by atoms with Crippen molar-refractivity contribution in [2.24, 2.45) is 0 Å². The summed E-state index contributed by atoms with van der Waals surface area (Å²) in [5.74, 6) is -1.33. The molecule has 7 heteroatoms. The van der Waals surface area contributed by atoms with E-state index in [1.54, 1.807) is 45.0 Å². The van der Waals surface area contributed by atoms with Gasteiger partial charge in [-0.3, -0.25) is 10.1 Å². The highest BCUT2D eigenvalue weighted by atomic mass is 16.5. The second kappa shape index (κ2) is 9.33. The molecule has 0 spiro atoms. The monoisotopic (exact) mass is 364 g/mol. The van der Waals surface area contributed by atoms with Gasteiger partial charge in [0.25, 0.3) is 5.91 Å². The lowest BCUT2D eigenvalue weighted by Crippen LogP contribution is -2.50. The highest BCUT2D eigenvalue weighted by Gasteiger charge is 2.22. The van der Waals surface area contributed by atoms with Crippen LogP contribution >= 0.6 is 0 Å². The molecule has 0 aliphatic carbocycles. The van der Waals surface area contributed by atoms with Crippen LogP contribution in [0.25, 0.3) is 0 Å². The molecule has 0 radical (unpaired) electrons. The van der Waals surface area contributed by atoms with E-state index in [4.69, 9.17) is 9.47 Å². The maximum Gasteiger partial charge on any atom is 0.338 e. The molecule has 0 bridgehead atoms. The van der Waals surface area contributed by atoms with Crippen molar-refractivity contribution in [2.45, 2.75) is 65.9 Å². The Balaban J connectivity index is 2.55. The zero-order chi connectivity index (χ0) is 19.9. The second-order valence-electron chi connectivity index (χ2n) is 7.30. The van der Waals surface area contributed by atoms with E-state index in [9.17, 15) is 14.4 Å². The molecule has 2 N–H and O–H groups in total. The average Bonchev–Trinajstić information content (AvgIpc) is 2.51. The molecule has 7 nitrogen and oxygen atoms in total. The van der Waals surface area contributed by atoms with Crippen LogP contribution in [-0.2, 0) is 20.9 Å². The number of ether oxygens (including phenoxy) is 2. The van der Waals surface area contributed by atoms with Gasteiger partial charge in [0, 0.05) is 5.54 Å². The molecular formula is C19H28N2O5. The fourth-order valence-electron chi connectivity index (χ4n) is 1.87. The van der Waals surface area contributed by atoms with E-state index in [2.05, 4.69) is 10.6 Å². The zero-order valence-corrected chi connectivity index (χ0v) is 16.2. The van der Waals surface area contributed by atoms with Crippen LogP contribution in [0, 0.1) is 0 Å². The quantitative estimate of drug-likeness (QED) is 0.757. The van der Waals surface area contributed by atoms with E-state index >= 15 is 0 Å². The summed E-state index contributed by atoms with van der Waals surface area (Å²) >= 11 is 0. The number of imide groups is 1. The third-order valence-electron chi connectivity index (χ3n) is 3.15. The van der Waals surface area contributed by atoms with Crippen LogP contribution in [0.15, 0.2) is 24.3 Å². The summed E-state index contributed by atoms with van der Waals surface area (Å²) in [4.78, 5) is 35.7. The number of nitrogens with one attached hydrogen (secondary N) is 2. The minimum atomic E-state index is -1.10. The number of hydrogen-bond acceptors (Lipinski definition) is 5. The molecule has 1 aromatic rings. The molecule has 1 rings (SSSR count). The molecular weight excluding hydrogens is 336 g/mol. The van der Waals surface area contributed by atoms with E-state index in [1.807, 2.05) is 13.8 Å². The molecule has 3 amide bonds. The van der Waals surface area contributed by atoms with Gasteiger partial charge in [0.2, 0.25) is 0 Å². The molecule has 0 fully saturated rings. The number of esters is 1. The van der Waals surface area contributed by atoms with Crippen LogP contribution in [-0.4, -0.2) is 35.7 Å². The number of carbonyl (C=O) groups excluding carboxylic acids is 3. The van der Waals surface area contributed by atoms with Gasteiger partial charge in [0.05, 0.1) is 18.3 Å². The third-order valence-corrected chi connectivity index (χ3v) is 3.15. The second-order valence-corrected chi connectivity index (χ2v) is 7.30. The molecule has 0 aromatic heterocycles. The highest BCUT2D eigenvalue weighted by molar-refractivity contribution is 5.98. The van der Waals surface area contributed by atoms with Crippen molar-refractivity contribution in [2.75, 3.05) is 0 Å². The van der Waals surface area contributed by atoms with Crippen LogP contribution < -0.4 is 10.6 Å². The Hall–Kier alpha value is -2.41. The Kier molecular flexibility index (Phi) is 7.76. The average molecular weight is 364 g/mol. The van der Waals surface area contributed by atoms with Crippen LogP contribution in [0.5, 0.6) is 0 Å². The third kappa shape index (κ3) is 8.11. The Morgan fingerprint density at radius 3 is 2.12 bits per heavy atom. The minimum Gasteiger partial charge on any atom is -0.449 e. The maximum atomic E-state index is 12.1. The van der Waals surface area contributed by atoms with E-state index in [0.29, 0.717) is 12.2 Å². The lowest BCUT2D eigenvalue weighted by Gasteiger charge is -2.21. The van der Waals surface area contributed by atoms with Crippen LogP contribution in [0.3, 0.4) is 0 Å². The first kappa shape index (κ1) is 21.6. The van der Waals surface area contributed by atoms with Crippen molar-refractivity contribution in [3.8, 4) is 0 Å². The molecule has 0 saturated heterocycles. The Bertz CT molecular complexity index is 632. The van der Waals surface area contributed by atoms with Crippen molar-refractivity contribution >= 4 is 17.9 Å². The van der Waals surface area contributed by atoms with Gasteiger partial charge in [-0.25, -0.2) is 9.59 Å². The van der Waals surface area contributed by atoms with E-state index in [0.717, 1.165) is 5.56 Å². The van der Waals surface area contributed by atoms with Gasteiger partial charge < -0.3 is 14.8 Å². The van der Waals surface area contributed by atoms with Gasteiger partial charge in [-0.15, -0.1) is 0 Å². The number of rotatable bonds is 6. The van der Waals surface area contributed by atoms with Crippen molar-refractivity contribution in [1.82, 2.24) is 10.6 Å². The summed E-state index contributed by atoms with van der Waals surface area (Å²) < 4.78 is 10.6. The van der Waals surface area contributed by atoms with Crippen molar-refractivity contribution in [1.29, 1.82) is 0 Å². The summed E-state index contributed by atoms with van der Waals surface area (Å²) in [7, 11) is 0. The first-order chi connectivity index (χ1) is 12.0. The molecule has 26 heavy (non-hydrogen) atoms. The summed E-state index contributed by atoms with van der Waals surface area (Å²) in [6, 6.07) is 6.11. The summed E-state index contributed by atoms with van der Waals surface area (Å²) in [6.45, 7) is 11.1. The molecule has 144 valence electrons. The van der Waals surface area contributed by atoms with Crippen LogP contribution in [0.2, 0.25) is 0 Å². The van der Waals surface area contributed by atoms with Gasteiger partial charge in [-0.05, 0) is 59.2 Å². The van der Waals surface area contributed by atoms with Crippen molar-refractivity contribution < 1.29 is 23.9 Å². The molecule has 0 aliphatic heterocycles. The summed E-state index contributed by atoms with van der Waals surface area (Å²) in [6.07, 6.45) is -0.980. The van der Waals surface area contributed by atoms with Crippen LogP contribution in [0.1, 0.15) is 57.5 Å². The smallest absolute Gasteiger partial charge is 0.338 e. The lowest BCUT2D eigenvalue weighted by molar-refractivity contribution is -0.127. The molecule has 0 saturated carbocycles. The molecule has 0 aliphatic rings. The van der Waals surface area contributed by atoms with E-state index < -0.39 is 29.6 Å². The number of benzene rings is 1. The maximum absolute atomic E-state index is 12.1. The number of hydrogen-bond donors (Lipinski definition) is 2. The molecule has 0 heterocycles. The Morgan fingerprint density at radius 1 is 1.04 bits per heavy atom. The fraction of sp³-hybridized carbons (Fsp3) is 0.526. The zero-order valence-electron chi connectivity index (χ0n) is 16.2. The first-order valence-corrected chi connectivity index (χ1v) is 8.52. The van der Waals surface area contributed by atoms with Gasteiger partial charge in [0.15, 0.2) is 6.10 Å². The Morgan fingerprint density at radius 2 is 1.62 bits per heavy atom. The molecule has 1 atom stereocenters. The van der Waals surface area contributed by atoms with Crippen LogP contribution in [0.4, 0.5) is 4.79 Å². The van der Waals surface area contributed by atoms with E-state index in [1.165, 1.54) is 6.92 Å². The number of urea groups is 1.